The number of fused-ring (bicyclic) bond motifs is 1. The van der Waals surface area contributed by atoms with Crippen LogP contribution >= 0.6 is 11.6 Å². The number of nitrogens with one attached hydrogen (secondary N) is 1. The Morgan fingerprint density at radius 2 is 2.36 bits per heavy atom. The number of nitrogens with zero attached hydrogens (tertiary/aromatic N) is 2. The maximum atomic E-state index is 5.83. The summed E-state index contributed by atoms with van der Waals surface area (Å²) >= 11 is 5.83. The molecule has 0 spiro atoms. The first kappa shape index (κ1) is 6.61. The van der Waals surface area contributed by atoms with Gasteiger partial charge in [0.25, 0.3) is 0 Å². The first-order valence-corrected chi connectivity index (χ1v) is 3.62. The highest BCUT2D eigenvalue weighted by molar-refractivity contribution is 6.34. The van der Waals surface area contributed by atoms with Gasteiger partial charge in [0.05, 0.1) is 10.9 Å². The summed E-state index contributed by atoms with van der Waals surface area (Å²) in [6.07, 6.45) is 1.74. The van der Waals surface area contributed by atoms with Gasteiger partial charge in [-0.15, -0.1) is 0 Å². The van der Waals surface area contributed by atoms with Crippen molar-refractivity contribution in [2.24, 2.45) is 0 Å². The highest BCUT2D eigenvalue weighted by Crippen LogP contribution is 2.19. The third-order valence-corrected chi connectivity index (χ3v) is 1.80. The van der Waals surface area contributed by atoms with Crippen LogP contribution in [0.4, 0.5) is 0 Å². The van der Waals surface area contributed by atoms with E-state index in [4.69, 9.17) is 11.6 Å². The fourth-order valence-electron chi connectivity index (χ4n) is 1.02. The van der Waals surface area contributed by atoms with Gasteiger partial charge in [0, 0.05) is 11.9 Å². The molecule has 0 unspecified atom stereocenters. The van der Waals surface area contributed by atoms with Gasteiger partial charge in [0.2, 0.25) is 0 Å². The first-order valence-electron chi connectivity index (χ1n) is 3.24. The lowest BCUT2D eigenvalue weighted by Crippen LogP contribution is -1.81. The molecule has 0 bridgehead atoms. The van der Waals surface area contributed by atoms with Crippen LogP contribution in [0.5, 0.6) is 0 Å². The molecule has 1 N–H and O–H groups in total. The molecule has 0 aliphatic heterocycles. The molecule has 3 nitrogen and oxygen atoms in total. The Labute approximate surface area is 68.4 Å². The van der Waals surface area contributed by atoms with Gasteiger partial charge < -0.3 is 0 Å². The minimum Gasteiger partial charge on any atom is -0.284 e. The van der Waals surface area contributed by atoms with Crippen LogP contribution in [0.15, 0.2) is 12.3 Å². The quantitative estimate of drug-likeness (QED) is 0.609. The second-order valence-electron chi connectivity index (χ2n) is 2.37. The van der Waals surface area contributed by atoms with E-state index in [1.807, 2.05) is 13.0 Å². The number of aromatic nitrogens is 3. The summed E-state index contributed by atoms with van der Waals surface area (Å²) in [5.74, 6) is 0. The van der Waals surface area contributed by atoms with Crippen molar-refractivity contribution in [1.82, 2.24) is 15.2 Å². The number of rotatable bonds is 0. The van der Waals surface area contributed by atoms with Crippen LogP contribution in [0.2, 0.25) is 5.15 Å². The Balaban J connectivity index is 2.91. The van der Waals surface area contributed by atoms with Crippen molar-refractivity contribution in [2.45, 2.75) is 6.92 Å². The number of pyridine rings is 1. The second-order valence-corrected chi connectivity index (χ2v) is 2.73. The van der Waals surface area contributed by atoms with E-state index in [1.54, 1.807) is 6.20 Å². The lowest BCUT2D eigenvalue weighted by atomic mass is 10.3. The highest BCUT2D eigenvalue weighted by Gasteiger charge is 2.02. The lowest BCUT2D eigenvalue weighted by Gasteiger charge is -1.93. The van der Waals surface area contributed by atoms with Gasteiger partial charge in [-0.1, -0.05) is 11.6 Å². The molecule has 56 valence electrons. The van der Waals surface area contributed by atoms with E-state index in [0.29, 0.717) is 5.15 Å². The normalized spacial score (nSPS) is 10.7. The Morgan fingerprint density at radius 1 is 1.55 bits per heavy atom. The van der Waals surface area contributed by atoms with Crippen LogP contribution in [0.3, 0.4) is 0 Å². The molecule has 0 amide bonds. The predicted molar refractivity (Wildman–Crippen MR) is 43.6 cm³/mol. The van der Waals surface area contributed by atoms with Gasteiger partial charge in [-0.3, -0.25) is 5.10 Å². The zero-order valence-corrected chi connectivity index (χ0v) is 6.68. The summed E-state index contributed by atoms with van der Waals surface area (Å²) in [7, 11) is 0. The minimum atomic E-state index is 0.508. The second kappa shape index (κ2) is 2.20. The molecule has 0 saturated carbocycles. The van der Waals surface area contributed by atoms with Crippen molar-refractivity contribution in [3.63, 3.8) is 0 Å². The maximum absolute atomic E-state index is 5.83. The number of aryl methyl sites for hydroxylation is 1. The average molecular weight is 168 g/mol. The molecule has 0 fully saturated rings. The van der Waals surface area contributed by atoms with E-state index in [1.165, 1.54) is 0 Å². The van der Waals surface area contributed by atoms with Crippen LogP contribution in [-0.2, 0) is 0 Å². The van der Waals surface area contributed by atoms with Crippen molar-refractivity contribution >= 4 is 22.5 Å². The molecule has 0 atom stereocenters. The average Bonchev–Trinajstić information content (AvgIpc) is 2.34. The van der Waals surface area contributed by atoms with Gasteiger partial charge in [0.15, 0.2) is 0 Å². The SMILES string of the molecule is Cc1cc2n[nH]cc2c(Cl)n1. The molecular formula is C7H6ClN3. The molecular weight excluding hydrogens is 162 g/mol. The predicted octanol–water partition coefficient (Wildman–Crippen LogP) is 1.92. The van der Waals surface area contributed by atoms with E-state index >= 15 is 0 Å². The molecule has 2 aromatic rings. The molecule has 2 rings (SSSR count). The Bertz CT molecular complexity index is 393. The zero-order chi connectivity index (χ0) is 7.84. The fraction of sp³-hybridized carbons (Fsp3) is 0.143. The van der Waals surface area contributed by atoms with E-state index in [2.05, 4.69) is 15.2 Å². The zero-order valence-electron chi connectivity index (χ0n) is 5.93. The molecule has 11 heavy (non-hydrogen) atoms. The largest absolute Gasteiger partial charge is 0.284 e. The van der Waals surface area contributed by atoms with Gasteiger partial charge in [0.1, 0.15) is 5.15 Å². The van der Waals surface area contributed by atoms with Crippen LogP contribution < -0.4 is 0 Å². The summed E-state index contributed by atoms with van der Waals surface area (Å²) in [5.41, 5.74) is 1.75. The monoisotopic (exact) mass is 167 g/mol. The molecule has 0 aromatic carbocycles. The van der Waals surface area contributed by atoms with Crippen molar-refractivity contribution in [3.8, 4) is 0 Å². The summed E-state index contributed by atoms with van der Waals surface area (Å²) in [6, 6.07) is 1.89. The lowest BCUT2D eigenvalue weighted by molar-refractivity contribution is 1.12. The third-order valence-electron chi connectivity index (χ3n) is 1.51. The standard InChI is InChI=1S/C7H6ClN3/c1-4-2-6-5(3-9-11-6)7(8)10-4/h2-3H,1H3,(H,9,11). The molecule has 0 saturated heterocycles. The van der Waals surface area contributed by atoms with Gasteiger partial charge in [-0.2, -0.15) is 5.10 Å². The molecule has 2 heterocycles. The van der Waals surface area contributed by atoms with E-state index in [9.17, 15) is 0 Å². The summed E-state index contributed by atoms with van der Waals surface area (Å²) in [5, 5.41) is 8.10. The van der Waals surface area contributed by atoms with E-state index in [-0.39, 0.29) is 0 Å². The molecule has 0 aliphatic rings. The highest BCUT2D eigenvalue weighted by atomic mass is 35.5. The number of aromatic amines is 1. The van der Waals surface area contributed by atoms with Gasteiger partial charge >= 0.3 is 0 Å². The Kier molecular flexibility index (Phi) is 1.32. The van der Waals surface area contributed by atoms with Crippen LogP contribution in [0.25, 0.3) is 10.9 Å². The maximum Gasteiger partial charge on any atom is 0.140 e. The Hall–Kier alpha value is -1.09. The minimum absolute atomic E-state index is 0.508. The number of H-pyrrole nitrogens is 1. The van der Waals surface area contributed by atoms with Crippen molar-refractivity contribution < 1.29 is 0 Å². The van der Waals surface area contributed by atoms with E-state index < -0.39 is 0 Å². The van der Waals surface area contributed by atoms with Crippen LogP contribution in [0, 0.1) is 6.92 Å². The van der Waals surface area contributed by atoms with Crippen molar-refractivity contribution in [2.75, 3.05) is 0 Å². The topological polar surface area (TPSA) is 41.6 Å². The summed E-state index contributed by atoms with van der Waals surface area (Å²) < 4.78 is 0. The molecule has 0 aliphatic carbocycles. The van der Waals surface area contributed by atoms with Crippen molar-refractivity contribution in [3.05, 3.63) is 23.1 Å². The number of hydrogen-bond acceptors (Lipinski definition) is 2. The fourth-order valence-corrected chi connectivity index (χ4v) is 1.31. The molecule has 2 aromatic heterocycles. The number of halogens is 1. The third kappa shape index (κ3) is 0.973. The van der Waals surface area contributed by atoms with Crippen LogP contribution in [0.1, 0.15) is 5.69 Å². The van der Waals surface area contributed by atoms with Gasteiger partial charge in [-0.25, -0.2) is 4.98 Å². The van der Waals surface area contributed by atoms with Crippen molar-refractivity contribution in [1.29, 1.82) is 0 Å². The summed E-state index contributed by atoms with van der Waals surface area (Å²) in [6.45, 7) is 1.89. The van der Waals surface area contributed by atoms with Crippen LogP contribution in [-0.4, -0.2) is 15.2 Å². The smallest absolute Gasteiger partial charge is 0.140 e. The Morgan fingerprint density at radius 3 is 3.18 bits per heavy atom. The first-order chi connectivity index (χ1) is 5.27. The van der Waals surface area contributed by atoms with E-state index in [0.717, 1.165) is 16.6 Å². The molecule has 4 heteroatoms. The summed E-state index contributed by atoms with van der Waals surface area (Å²) in [4.78, 5) is 4.08. The molecule has 0 radical (unpaired) electrons. The number of hydrogen-bond donors (Lipinski definition) is 1. The van der Waals surface area contributed by atoms with Gasteiger partial charge in [-0.05, 0) is 13.0 Å².